The van der Waals surface area contributed by atoms with Crippen molar-refractivity contribution in [2.75, 3.05) is 13.6 Å². The standard InChI is InChI=1S/C19H20F2N2O2/c1-23-9-8-16(19(23)13-6-7-14(20)15(21)10-13)22-18(25)11-12-4-2-3-5-17(12)24/h2-7,10,16,19,24H,8-9,11H2,1H3,(H,22,25)/t16-,19+/m0/s1. The summed E-state index contributed by atoms with van der Waals surface area (Å²) in [4.78, 5) is 14.4. The quantitative estimate of drug-likeness (QED) is 0.895. The molecular formula is C19H20F2N2O2. The summed E-state index contributed by atoms with van der Waals surface area (Å²) in [5, 5.41) is 12.7. The molecule has 2 aromatic rings. The van der Waals surface area contributed by atoms with Gasteiger partial charge in [0, 0.05) is 18.2 Å². The lowest BCUT2D eigenvalue weighted by Gasteiger charge is -2.26. The van der Waals surface area contributed by atoms with Crippen LogP contribution in [0.2, 0.25) is 0 Å². The number of carbonyl (C=O) groups is 1. The number of phenols is 1. The molecule has 0 aromatic heterocycles. The third-order valence-electron chi connectivity index (χ3n) is 4.62. The Morgan fingerprint density at radius 3 is 2.72 bits per heavy atom. The maximum Gasteiger partial charge on any atom is 0.224 e. The van der Waals surface area contributed by atoms with Crippen LogP contribution in [0.4, 0.5) is 8.78 Å². The van der Waals surface area contributed by atoms with E-state index in [1.165, 1.54) is 12.1 Å². The van der Waals surface area contributed by atoms with Crippen LogP contribution in [0.1, 0.15) is 23.6 Å². The SMILES string of the molecule is CN1CC[C@H](NC(=O)Cc2ccccc2O)[C@H]1c1ccc(F)c(F)c1. The number of hydrogen-bond donors (Lipinski definition) is 2. The Morgan fingerprint density at radius 1 is 1.24 bits per heavy atom. The molecule has 0 saturated carbocycles. The highest BCUT2D eigenvalue weighted by atomic mass is 19.2. The van der Waals surface area contributed by atoms with Crippen LogP contribution in [-0.4, -0.2) is 35.5 Å². The zero-order valence-corrected chi connectivity index (χ0v) is 13.9. The number of carbonyl (C=O) groups excluding carboxylic acids is 1. The summed E-state index contributed by atoms with van der Waals surface area (Å²) in [6.07, 6.45) is 0.782. The van der Waals surface area contributed by atoms with Gasteiger partial charge < -0.3 is 10.4 Å². The van der Waals surface area contributed by atoms with Gasteiger partial charge in [-0.25, -0.2) is 8.78 Å². The third kappa shape index (κ3) is 3.79. The second-order valence-corrected chi connectivity index (χ2v) is 6.37. The Morgan fingerprint density at radius 2 is 2.00 bits per heavy atom. The molecule has 1 fully saturated rings. The minimum absolute atomic E-state index is 0.0669. The van der Waals surface area contributed by atoms with Crippen molar-refractivity contribution in [2.24, 2.45) is 0 Å². The minimum atomic E-state index is -0.892. The van der Waals surface area contributed by atoms with Crippen molar-refractivity contribution < 1.29 is 18.7 Å². The van der Waals surface area contributed by atoms with Crippen molar-refractivity contribution in [3.8, 4) is 5.75 Å². The normalized spacial score (nSPS) is 20.6. The van der Waals surface area contributed by atoms with Crippen LogP contribution < -0.4 is 5.32 Å². The fraction of sp³-hybridized carbons (Fsp3) is 0.316. The third-order valence-corrected chi connectivity index (χ3v) is 4.62. The summed E-state index contributed by atoms with van der Waals surface area (Å²) >= 11 is 0. The number of halogens is 2. The van der Waals surface area contributed by atoms with Crippen molar-refractivity contribution in [1.29, 1.82) is 0 Å². The summed E-state index contributed by atoms with van der Waals surface area (Å²) in [5.74, 6) is -1.91. The predicted molar refractivity (Wildman–Crippen MR) is 90.1 cm³/mol. The Labute approximate surface area is 145 Å². The second kappa shape index (κ2) is 7.19. The molecule has 0 radical (unpaired) electrons. The molecule has 2 atom stereocenters. The van der Waals surface area contributed by atoms with Crippen molar-refractivity contribution in [2.45, 2.75) is 24.9 Å². The lowest BCUT2D eigenvalue weighted by molar-refractivity contribution is -0.121. The molecule has 1 amide bonds. The number of likely N-dealkylation sites (N-methyl/N-ethyl adjacent to an activating group) is 1. The highest BCUT2D eigenvalue weighted by Crippen LogP contribution is 2.32. The number of benzene rings is 2. The highest BCUT2D eigenvalue weighted by molar-refractivity contribution is 5.79. The van der Waals surface area contributed by atoms with Crippen molar-refractivity contribution in [1.82, 2.24) is 10.2 Å². The van der Waals surface area contributed by atoms with Gasteiger partial charge in [0.1, 0.15) is 5.75 Å². The van der Waals surface area contributed by atoms with Gasteiger partial charge in [-0.15, -0.1) is 0 Å². The molecule has 1 heterocycles. The lowest BCUT2D eigenvalue weighted by atomic mass is 9.99. The number of aromatic hydroxyl groups is 1. The van der Waals surface area contributed by atoms with Gasteiger partial charge >= 0.3 is 0 Å². The van der Waals surface area contributed by atoms with Crippen molar-refractivity contribution in [3.63, 3.8) is 0 Å². The van der Waals surface area contributed by atoms with E-state index < -0.39 is 11.6 Å². The topological polar surface area (TPSA) is 52.6 Å². The first-order valence-corrected chi connectivity index (χ1v) is 8.17. The molecule has 0 unspecified atom stereocenters. The fourth-order valence-electron chi connectivity index (χ4n) is 3.37. The molecule has 0 spiro atoms. The van der Waals surface area contributed by atoms with Gasteiger partial charge in [-0.05, 0) is 37.2 Å². The van der Waals surface area contributed by atoms with Gasteiger partial charge in [0.2, 0.25) is 5.91 Å². The van der Waals surface area contributed by atoms with Crippen LogP contribution in [-0.2, 0) is 11.2 Å². The molecule has 6 heteroatoms. The first-order valence-electron chi connectivity index (χ1n) is 8.17. The summed E-state index contributed by atoms with van der Waals surface area (Å²) in [6.45, 7) is 0.741. The first-order chi connectivity index (χ1) is 12.0. The van der Waals surface area contributed by atoms with Crippen LogP contribution >= 0.6 is 0 Å². The summed E-state index contributed by atoms with van der Waals surface area (Å²) < 4.78 is 26.8. The fourth-order valence-corrected chi connectivity index (χ4v) is 3.37. The van der Waals surface area contributed by atoms with Gasteiger partial charge in [-0.2, -0.15) is 0 Å². The molecule has 2 aromatic carbocycles. The molecular weight excluding hydrogens is 326 g/mol. The van der Waals surface area contributed by atoms with E-state index in [2.05, 4.69) is 5.32 Å². The lowest BCUT2D eigenvalue weighted by Crippen LogP contribution is -2.39. The van der Waals surface area contributed by atoms with Crippen LogP contribution in [0, 0.1) is 11.6 Å². The van der Waals surface area contributed by atoms with E-state index in [1.807, 2.05) is 11.9 Å². The van der Waals surface area contributed by atoms with Crippen LogP contribution in [0.3, 0.4) is 0 Å². The molecule has 132 valence electrons. The highest BCUT2D eigenvalue weighted by Gasteiger charge is 2.34. The maximum absolute atomic E-state index is 13.6. The van der Waals surface area contributed by atoms with Gasteiger partial charge in [-0.3, -0.25) is 9.69 Å². The molecule has 0 bridgehead atoms. The largest absolute Gasteiger partial charge is 0.508 e. The van der Waals surface area contributed by atoms with E-state index in [0.717, 1.165) is 12.6 Å². The van der Waals surface area contributed by atoms with E-state index in [1.54, 1.807) is 24.3 Å². The molecule has 2 N–H and O–H groups in total. The van der Waals surface area contributed by atoms with Gasteiger partial charge in [0.15, 0.2) is 11.6 Å². The minimum Gasteiger partial charge on any atom is -0.508 e. The number of amides is 1. The molecule has 1 saturated heterocycles. The molecule has 3 rings (SSSR count). The van der Waals surface area contributed by atoms with Crippen LogP contribution in [0.5, 0.6) is 5.75 Å². The smallest absolute Gasteiger partial charge is 0.224 e. The zero-order valence-electron chi connectivity index (χ0n) is 13.9. The molecule has 1 aliphatic heterocycles. The van der Waals surface area contributed by atoms with E-state index in [9.17, 15) is 18.7 Å². The van der Waals surface area contributed by atoms with Gasteiger partial charge in [0.05, 0.1) is 12.5 Å². The summed E-state index contributed by atoms with van der Waals surface area (Å²) in [5.41, 5.74) is 1.18. The monoisotopic (exact) mass is 346 g/mol. The van der Waals surface area contributed by atoms with Crippen molar-refractivity contribution >= 4 is 5.91 Å². The second-order valence-electron chi connectivity index (χ2n) is 6.37. The Bertz CT molecular complexity index is 782. The first kappa shape index (κ1) is 17.4. The average Bonchev–Trinajstić information content (AvgIpc) is 2.93. The number of hydrogen-bond acceptors (Lipinski definition) is 3. The van der Waals surface area contributed by atoms with E-state index in [4.69, 9.17) is 0 Å². The number of nitrogens with one attached hydrogen (secondary N) is 1. The Balaban J connectivity index is 1.73. The Kier molecular flexibility index (Phi) is 4.99. The summed E-state index contributed by atoms with van der Waals surface area (Å²) in [6, 6.07) is 10.1. The van der Waals surface area contributed by atoms with E-state index in [0.29, 0.717) is 17.5 Å². The van der Waals surface area contributed by atoms with Crippen LogP contribution in [0.15, 0.2) is 42.5 Å². The van der Waals surface area contributed by atoms with E-state index >= 15 is 0 Å². The van der Waals surface area contributed by atoms with Gasteiger partial charge in [0.25, 0.3) is 0 Å². The van der Waals surface area contributed by atoms with E-state index in [-0.39, 0.29) is 30.2 Å². The Hall–Kier alpha value is -2.47. The number of nitrogens with zero attached hydrogens (tertiary/aromatic N) is 1. The average molecular weight is 346 g/mol. The number of likely N-dealkylation sites (tertiary alicyclic amines) is 1. The van der Waals surface area contributed by atoms with Crippen LogP contribution in [0.25, 0.3) is 0 Å². The summed E-state index contributed by atoms with van der Waals surface area (Å²) in [7, 11) is 1.89. The van der Waals surface area contributed by atoms with Crippen molar-refractivity contribution in [3.05, 3.63) is 65.2 Å². The van der Waals surface area contributed by atoms with Gasteiger partial charge in [-0.1, -0.05) is 24.3 Å². The molecule has 25 heavy (non-hydrogen) atoms. The number of rotatable bonds is 4. The zero-order chi connectivity index (χ0) is 18.0. The number of para-hydroxylation sites is 1. The molecule has 0 aliphatic carbocycles. The maximum atomic E-state index is 13.6. The predicted octanol–water partition coefficient (Wildman–Crippen LogP) is 2.77. The molecule has 4 nitrogen and oxygen atoms in total. The number of phenolic OH excluding ortho intramolecular Hbond substituents is 1. The molecule has 1 aliphatic rings.